The summed E-state index contributed by atoms with van der Waals surface area (Å²) in [5.74, 6) is -2.45. The quantitative estimate of drug-likeness (QED) is 0.789. The number of benzene rings is 1. The first kappa shape index (κ1) is 23.2. The van der Waals surface area contributed by atoms with E-state index in [1.54, 1.807) is 0 Å². The van der Waals surface area contributed by atoms with Crippen molar-refractivity contribution in [1.82, 2.24) is 9.80 Å². The third-order valence-electron chi connectivity index (χ3n) is 5.53. The van der Waals surface area contributed by atoms with E-state index < -0.39 is 12.1 Å². The van der Waals surface area contributed by atoms with Crippen LogP contribution in [0.15, 0.2) is 30.3 Å². The molecule has 9 heteroatoms. The molecule has 3 rings (SSSR count). The molecule has 2 heterocycles. The highest BCUT2D eigenvalue weighted by Crippen LogP contribution is 2.40. The highest BCUT2D eigenvalue weighted by molar-refractivity contribution is 5.79. The average Bonchev–Trinajstić information content (AvgIpc) is 2.84. The number of aliphatic carboxylic acids is 1. The van der Waals surface area contributed by atoms with E-state index in [1.165, 1.54) is 5.56 Å². The molecule has 0 bridgehead atoms. The summed E-state index contributed by atoms with van der Waals surface area (Å²) >= 11 is 0. The van der Waals surface area contributed by atoms with Gasteiger partial charge in [0.1, 0.15) is 0 Å². The van der Waals surface area contributed by atoms with Crippen molar-refractivity contribution in [2.24, 2.45) is 0 Å². The van der Waals surface area contributed by atoms with E-state index in [0.29, 0.717) is 12.3 Å². The van der Waals surface area contributed by atoms with Crippen molar-refractivity contribution in [2.75, 3.05) is 26.2 Å². The summed E-state index contributed by atoms with van der Waals surface area (Å²) in [5.41, 5.74) is 1.26. The second-order valence-electron chi connectivity index (χ2n) is 7.41. The molecule has 1 aromatic carbocycles. The van der Waals surface area contributed by atoms with Crippen molar-refractivity contribution in [3.8, 4) is 0 Å². The Balaban J connectivity index is 0.000000370. The number of rotatable bonds is 4. The minimum absolute atomic E-state index is 0.0388. The molecule has 1 spiro atoms. The lowest BCUT2D eigenvalue weighted by Crippen LogP contribution is -2.46. The van der Waals surface area contributed by atoms with Crippen molar-refractivity contribution in [2.45, 2.75) is 50.4 Å². The van der Waals surface area contributed by atoms with Gasteiger partial charge in [-0.25, -0.2) is 4.79 Å². The van der Waals surface area contributed by atoms with Crippen LogP contribution in [0, 0.1) is 0 Å². The second-order valence-corrected chi connectivity index (χ2v) is 7.41. The number of β-amino-alcohol motifs (C(OH)–C–C–N with tert-alkyl or cyclic N) is 1. The summed E-state index contributed by atoms with van der Waals surface area (Å²) in [6.45, 7) is 3.73. The van der Waals surface area contributed by atoms with Gasteiger partial charge in [-0.1, -0.05) is 30.3 Å². The Hall–Kier alpha value is -2.13. The van der Waals surface area contributed by atoms with Crippen molar-refractivity contribution in [3.63, 3.8) is 0 Å². The van der Waals surface area contributed by atoms with E-state index >= 15 is 0 Å². The monoisotopic (exact) mass is 416 g/mol. The first-order valence-corrected chi connectivity index (χ1v) is 9.66. The number of carbonyl (C=O) groups excluding carboxylic acids is 1. The van der Waals surface area contributed by atoms with Gasteiger partial charge in [0.05, 0.1) is 6.61 Å². The second kappa shape index (κ2) is 10.1. The van der Waals surface area contributed by atoms with Crippen LogP contribution in [0.3, 0.4) is 0 Å². The number of alkyl halides is 3. The van der Waals surface area contributed by atoms with E-state index in [1.807, 2.05) is 18.2 Å². The molecular formula is C20H27F3N2O4. The SMILES string of the molecule is O=C(O)C(F)(F)F.O=C1CCC2(CCCN(CCO)CC2)N1Cc1ccccc1. The van der Waals surface area contributed by atoms with Crippen LogP contribution in [0.2, 0.25) is 0 Å². The smallest absolute Gasteiger partial charge is 0.475 e. The third kappa shape index (κ3) is 6.43. The number of likely N-dealkylation sites (tertiary alicyclic amines) is 2. The largest absolute Gasteiger partial charge is 0.490 e. The Labute approximate surface area is 167 Å². The Morgan fingerprint density at radius 1 is 1.10 bits per heavy atom. The fraction of sp³-hybridized carbons (Fsp3) is 0.600. The van der Waals surface area contributed by atoms with Gasteiger partial charge in [-0.3, -0.25) is 4.79 Å². The molecule has 0 aromatic heterocycles. The van der Waals surface area contributed by atoms with Gasteiger partial charge in [0.15, 0.2) is 0 Å². The van der Waals surface area contributed by atoms with Crippen LogP contribution in [0.4, 0.5) is 13.2 Å². The molecule has 1 unspecified atom stereocenters. The predicted molar refractivity (Wildman–Crippen MR) is 100 cm³/mol. The van der Waals surface area contributed by atoms with Crippen molar-refractivity contribution in [1.29, 1.82) is 0 Å². The molecule has 0 aliphatic carbocycles. The predicted octanol–water partition coefficient (Wildman–Crippen LogP) is 2.66. The van der Waals surface area contributed by atoms with Crippen LogP contribution >= 0.6 is 0 Å². The molecule has 2 aliphatic rings. The lowest BCUT2D eigenvalue weighted by atomic mass is 9.87. The van der Waals surface area contributed by atoms with Gasteiger partial charge in [0, 0.05) is 31.6 Å². The van der Waals surface area contributed by atoms with Gasteiger partial charge in [0.25, 0.3) is 0 Å². The number of hydrogen-bond acceptors (Lipinski definition) is 4. The first-order chi connectivity index (χ1) is 13.7. The molecule has 0 saturated carbocycles. The molecule has 0 radical (unpaired) electrons. The number of hydrogen-bond donors (Lipinski definition) is 2. The molecule has 2 fully saturated rings. The zero-order chi connectivity index (χ0) is 21.5. The minimum atomic E-state index is -5.08. The summed E-state index contributed by atoms with van der Waals surface area (Å²) in [7, 11) is 0. The number of carbonyl (C=O) groups is 2. The maximum Gasteiger partial charge on any atom is 0.490 e. The number of aliphatic hydroxyl groups is 1. The number of halogens is 3. The van der Waals surface area contributed by atoms with Gasteiger partial charge in [-0.2, -0.15) is 13.2 Å². The molecule has 2 saturated heterocycles. The van der Waals surface area contributed by atoms with Crippen molar-refractivity contribution in [3.05, 3.63) is 35.9 Å². The van der Waals surface area contributed by atoms with Crippen LogP contribution in [-0.2, 0) is 16.1 Å². The van der Waals surface area contributed by atoms with Gasteiger partial charge in [-0.15, -0.1) is 0 Å². The molecule has 2 aliphatic heterocycles. The molecule has 162 valence electrons. The third-order valence-corrected chi connectivity index (χ3v) is 5.53. The molecule has 6 nitrogen and oxygen atoms in total. The lowest BCUT2D eigenvalue weighted by molar-refractivity contribution is -0.192. The van der Waals surface area contributed by atoms with Gasteiger partial charge in [0.2, 0.25) is 5.91 Å². The van der Waals surface area contributed by atoms with E-state index in [4.69, 9.17) is 15.0 Å². The Morgan fingerprint density at radius 2 is 1.76 bits per heavy atom. The Kier molecular flexibility index (Phi) is 8.04. The van der Waals surface area contributed by atoms with E-state index in [2.05, 4.69) is 21.9 Å². The van der Waals surface area contributed by atoms with Crippen LogP contribution in [-0.4, -0.2) is 69.8 Å². The molecule has 29 heavy (non-hydrogen) atoms. The van der Waals surface area contributed by atoms with Crippen LogP contribution in [0.1, 0.15) is 37.7 Å². The highest BCUT2D eigenvalue weighted by Gasteiger charge is 2.45. The van der Waals surface area contributed by atoms with E-state index in [9.17, 15) is 18.0 Å². The summed E-state index contributed by atoms with van der Waals surface area (Å²) in [5, 5.41) is 16.3. The number of carboxylic acids is 1. The van der Waals surface area contributed by atoms with Crippen LogP contribution in [0.5, 0.6) is 0 Å². The summed E-state index contributed by atoms with van der Waals surface area (Å²) < 4.78 is 31.7. The van der Waals surface area contributed by atoms with Crippen LogP contribution < -0.4 is 0 Å². The van der Waals surface area contributed by atoms with E-state index in [-0.39, 0.29) is 12.1 Å². The summed E-state index contributed by atoms with van der Waals surface area (Å²) in [6.07, 6.45) is -0.171. The number of nitrogens with zero attached hydrogens (tertiary/aromatic N) is 2. The van der Waals surface area contributed by atoms with E-state index in [0.717, 1.165) is 51.9 Å². The first-order valence-electron chi connectivity index (χ1n) is 9.66. The summed E-state index contributed by atoms with van der Waals surface area (Å²) in [6, 6.07) is 10.3. The fourth-order valence-corrected chi connectivity index (χ4v) is 4.02. The van der Waals surface area contributed by atoms with Gasteiger partial charge >= 0.3 is 12.1 Å². The molecule has 1 amide bonds. The highest BCUT2D eigenvalue weighted by atomic mass is 19.4. The summed E-state index contributed by atoms with van der Waals surface area (Å²) in [4.78, 5) is 25.8. The van der Waals surface area contributed by atoms with Gasteiger partial charge < -0.3 is 20.0 Å². The Morgan fingerprint density at radius 3 is 2.34 bits per heavy atom. The topological polar surface area (TPSA) is 81.1 Å². The Bertz CT molecular complexity index is 684. The fourth-order valence-electron chi connectivity index (χ4n) is 4.02. The zero-order valence-corrected chi connectivity index (χ0v) is 16.2. The van der Waals surface area contributed by atoms with Crippen molar-refractivity contribution >= 4 is 11.9 Å². The number of amides is 1. The molecular weight excluding hydrogens is 389 g/mol. The molecule has 2 N–H and O–H groups in total. The maximum atomic E-state index is 12.4. The molecule has 1 aromatic rings. The minimum Gasteiger partial charge on any atom is -0.475 e. The standard InChI is InChI=1S/C18H26N2O2.C2HF3O2/c21-14-13-19-11-4-8-18(10-12-19)9-7-17(22)20(18)15-16-5-2-1-3-6-16;3-2(4,5)1(6)7/h1-3,5-6,21H,4,7-15H2;(H,6,7). The average molecular weight is 416 g/mol. The zero-order valence-electron chi connectivity index (χ0n) is 16.2. The van der Waals surface area contributed by atoms with Gasteiger partial charge in [-0.05, 0) is 37.8 Å². The normalized spacial score (nSPS) is 22.9. The van der Waals surface area contributed by atoms with Crippen molar-refractivity contribution < 1.29 is 33.0 Å². The molecule has 1 atom stereocenters. The van der Waals surface area contributed by atoms with Crippen LogP contribution in [0.25, 0.3) is 0 Å². The number of aliphatic hydroxyl groups excluding tert-OH is 1. The lowest BCUT2D eigenvalue weighted by Gasteiger charge is -2.38. The maximum absolute atomic E-state index is 12.4. The number of carboxylic acid groups (broad SMARTS) is 1.